The van der Waals surface area contributed by atoms with Gasteiger partial charge in [-0.1, -0.05) is 0 Å². The summed E-state index contributed by atoms with van der Waals surface area (Å²) in [6.45, 7) is 2.13. The molecule has 118 valence electrons. The van der Waals surface area contributed by atoms with E-state index in [2.05, 4.69) is 0 Å². The molecule has 3 aliphatic rings. The molecule has 3 fully saturated rings. The fourth-order valence-electron chi connectivity index (χ4n) is 3.62. The summed E-state index contributed by atoms with van der Waals surface area (Å²) >= 11 is 0. The minimum atomic E-state index is -1.65. The molecule has 3 rings (SSSR count). The van der Waals surface area contributed by atoms with Crippen molar-refractivity contribution in [1.82, 2.24) is 9.80 Å². The minimum Gasteiger partial charge on any atom is -0.383 e. The lowest BCUT2D eigenvalue weighted by Crippen LogP contribution is -2.58. The number of halogens is 1. The number of alkyl halides is 1. The van der Waals surface area contributed by atoms with Crippen molar-refractivity contribution in [2.24, 2.45) is 0 Å². The Bertz CT molecular complexity index is 452. The normalized spacial score (nSPS) is 31.0. The van der Waals surface area contributed by atoms with Gasteiger partial charge >= 0.3 is 0 Å². The molecular formula is C15H23FN2O3. The van der Waals surface area contributed by atoms with Gasteiger partial charge in [-0.25, -0.2) is 4.39 Å². The summed E-state index contributed by atoms with van der Waals surface area (Å²) in [7, 11) is 1.60. The van der Waals surface area contributed by atoms with Crippen LogP contribution >= 0.6 is 0 Å². The van der Waals surface area contributed by atoms with Gasteiger partial charge in [-0.2, -0.15) is 0 Å². The summed E-state index contributed by atoms with van der Waals surface area (Å²) in [4.78, 5) is 28.1. The first-order valence-electron chi connectivity index (χ1n) is 7.78. The highest BCUT2D eigenvalue weighted by Gasteiger charge is 2.58. The Morgan fingerprint density at radius 2 is 2.10 bits per heavy atom. The molecule has 0 aromatic rings. The zero-order valence-corrected chi connectivity index (χ0v) is 12.6. The number of nitrogens with zero attached hydrogens (tertiary/aromatic N) is 2. The topological polar surface area (TPSA) is 49.9 Å². The minimum absolute atomic E-state index is 0.0513. The number of methoxy groups -OCH3 is 1. The van der Waals surface area contributed by atoms with E-state index in [4.69, 9.17) is 4.74 Å². The highest BCUT2D eigenvalue weighted by Crippen LogP contribution is 2.46. The molecule has 2 heterocycles. The quantitative estimate of drug-likeness (QED) is 0.781. The van der Waals surface area contributed by atoms with Gasteiger partial charge in [-0.3, -0.25) is 9.59 Å². The average Bonchev–Trinajstić information content (AvgIpc) is 3.14. The van der Waals surface area contributed by atoms with E-state index >= 15 is 0 Å². The zero-order chi connectivity index (χ0) is 15.1. The second-order valence-corrected chi connectivity index (χ2v) is 6.59. The molecule has 0 radical (unpaired) electrons. The highest BCUT2D eigenvalue weighted by molar-refractivity contribution is 5.90. The first-order valence-corrected chi connectivity index (χ1v) is 7.78. The summed E-state index contributed by atoms with van der Waals surface area (Å²) < 4.78 is 19.2. The van der Waals surface area contributed by atoms with Gasteiger partial charge in [0.2, 0.25) is 5.91 Å². The third kappa shape index (κ3) is 2.54. The van der Waals surface area contributed by atoms with Gasteiger partial charge in [0, 0.05) is 26.7 Å². The van der Waals surface area contributed by atoms with Gasteiger partial charge in [-0.15, -0.1) is 0 Å². The number of piperidine rings is 1. The predicted octanol–water partition coefficient (Wildman–Crippen LogP) is 1.12. The van der Waals surface area contributed by atoms with Crippen LogP contribution in [0.25, 0.3) is 0 Å². The second-order valence-electron chi connectivity index (χ2n) is 6.59. The molecule has 1 unspecified atom stereocenters. The van der Waals surface area contributed by atoms with Crippen LogP contribution in [0.1, 0.15) is 38.5 Å². The van der Waals surface area contributed by atoms with Crippen molar-refractivity contribution < 1.29 is 18.7 Å². The summed E-state index contributed by atoms with van der Waals surface area (Å²) in [6, 6.07) is 0. The first kappa shape index (κ1) is 14.8. The summed E-state index contributed by atoms with van der Waals surface area (Å²) in [6.07, 6.45) is 3.69. The molecule has 2 saturated heterocycles. The maximum absolute atomic E-state index is 14.2. The number of hydrogen-bond donors (Lipinski definition) is 0. The van der Waals surface area contributed by atoms with Gasteiger partial charge in [0.15, 0.2) is 5.67 Å². The molecule has 21 heavy (non-hydrogen) atoms. The SMILES string of the molecule is COCCN1CC2(CCCCN2C(=O)C2(F)CC2)CC1=O. The highest BCUT2D eigenvalue weighted by atomic mass is 19.1. The lowest BCUT2D eigenvalue weighted by atomic mass is 9.85. The number of rotatable bonds is 4. The second kappa shape index (κ2) is 5.23. The summed E-state index contributed by atoms with van der Waals surface area (Å²) in [5, 5.41) is 0. The Hall–Kier alpha value is -1.17. The van der Waals surface area contributed by atoms with Crippen LogP contribution in [0.5, 0.6) is 0 Å². The van der Waals surface area contributed by atoms with Crippen LogP contribution in [0.2, 0.25) is 0 Å². The standard InChI is InChI=1S/C15H23FN2O3/c1-21-9-8-17-11-14(10-12(17)19)4-2-3-7-18(14)13(20)15(16)5-6-15/h2-11H2,1H3. The van der Waals surface area contributed by atoms with Crippen molar-refractivity contribution in [3.63, 3.8) is 0 Å². The van der Waals surface area contributed by atoms with Crippen LogP contribution in [0.15, 0.2) is 0 Å². The smallest absolute Gasteiger partial charge is 0.260 e. The number of carbonyl (C=O) groups is 2. The van der Waals surface area contributed by atoms with Crippen molar-refractivity contribution in [3.8, 4) is 0 Å². The predicted molar refractivity (Wildman–Crippen MR) is 74.4 cm³/mol. The van der Waals surface area contributed by atoms with Gasteiger partial charge in [-0.05, 0) is 32.1 Å². The molecule has 5 nitrogen and oxygen atoms in total. The van der Waals surface area contributed by atoms with Crippen molar-refractivity contribution in [2.75, 3.05) is 33.4 Å². The van der Waals surface area contributed by atoms with Crippen molar-refractivity contribution in [3.05, 3.63) is 0 Å². The third-order valence-electron chi connectivity index (χ3n) is 5.05. The Kier molecular flexibility index (Phi) is 3.67. The number of amides is 2. The number of hydrogen-bond acceptors (Lipinski definition) is 3. The van der Waals surface area contributed by atoms with Gasteiger partial charge in [0.05, 0.1) is 18.6 Å². The van der Waals surface area contributed by atoms with E-state index in [9.17, 15) is 14.0 Å². The molecular weight excluding hydrogens is 275 g/mol. The van der Waals surface area contributed by atoms with E-state index in [0.29, 0.717) is 45.5 Å². The Morgan fingerprint density at radius 3 is 2.76 bits per heavy atom. The summed E-state index contributed by atoms with van der Waals surface area (Å²) in [5.74, 6) is -0.334. The summed E-state index contributed by atoms with van der Waals surface area (Å²) in [5.41, 5.74) is -2.13. The molecule has 6 heteroatoms. The maximum Gasteiger partial charge on any atom is 0.260 e. The average molecular weight is 298 g/mol. The molecule has 1 aliphatic carbocycles. The Morgan fingerprint density at radius 1 is 1.33 bits per heavy atom. The fourth-order valence-corrected chi connectivity index (χ4v) is 3.62. The van der Waals surface area contributed by atoms with Crippen LogP contribution < -0.4 is 0 Å². The molecule has 1 spiro atoms. The molecule has 0 bridgehead atoms. The van der Waals surface area contributed by atoms with Crippen molar-refractivity contribution in [1.29, 1.82) is 0 Å². The fraction of sp³-hybridized carbons (Fsp3) is 0.867. The van der Waals surface area contributed by atoms with E-state index in [-0.39, 0.29) is 11.8 Å². The van der Waals surface area contributed by atoms with Crippen LogP contribution in [0.3, 0.4) is 0 Å². The van der Waals surface area contributed by atoms with E-state index in [1.165, 1.54) is 0 Å². The lowest BCUT2D eigenvalue weighted by molar-refractivity contribution is -0.147. The Labute approximate surface area is 124 Å². The molecule has 1 atom stereocenters. The van der Waals surface area contributed by atoms with E-state index in [1.54, 1.807) is 16.9 Å². The number of ether oxygens (including phenoxy) is 1. The maximum atomic E-state index is 14.2. The Balaban J connectivity index is 1.77. The molecule has 0 aromatic heterocycles. The molecule has 1 saturated carbocycles. The zero-order valence-electron chi connectivity index (χ0n) is 12.6. The molecule has 0 aromatic carbocycles. The van der Waals surface area contributed by atoms with E-state index in [1.807, 2.05) is 0 Å². The van der Waals surface area contributed by atoms with Crippen molar-refractivity contribution in [2.45, 2.75) is 49.7 Å². The largest absolute Gasteiger partial charge is 0.383 e. The van der Waals surface area contributed by atoms with Crippen LogP contribution in [0.4, 0.5) is 4.39 Å². The van der Waals surface area contributed by atoms with E-state index < -0.39 is 11.2 Å². The third-order valence-corrected chi connectivity index (χ3v) is 5.05. The molecule has 0 N–H and O–H groups in total. The lowest BCUT2D eigenvalue weighted by Gasteiger charge is -2.45. The monoisotopic (exact) mass is 298 g/mol. The van der Waals surface area contributed by atoms with Crippen LogP contribution in [-0.4, -0.2) is 66.2 Å². The molecule has 2 aliphatic heterocycles. The van der Waals surface area contributed by atoms with Gasteiger partial charge < -0.3 is 14.5 Å². The molecule has 2 amide bonds. The van der Waals surface area contributed by atoms with E-state index in [0.717, 1.165) is 19.3 Å². The van der Waals surface area contributed by atoms with Crippen molar-refractivity contribution >= 4 is 11.8 Å². The van der Waals surface area contributed by atoms with Crippen LogP contribution in [0, 0.1) is 0 Å². The number of carbonyl (C=O) groups excluding carboxylic acids is 2. The van der Waals surface area contributed by atoms with Crippen LogP contribution in [-0.2, 0) is 14.3 Å². The number of likely N-dealkylation sites (tertiary alicyclic amines) is 2. The first-order chi connectivity index (χ1) is 10.0. The van der Waals surface area contributed by atoms with Gasteiger partial charge in [0.25, 0.3) is 5.91 Å². The van der Waals surface area contributed by atoms with Gasteiger partial charge in [0.1, 0.15) is 0 Å².